The molecule has 0 amide bonds. The Morgan fingerprint density at radius 2 is 1.81 bits per heavy atom. The Hall–Kier alpha value is -2.04. The van der Waals surface area contributed by atoms with Crippen molar-refractivity contribution in [3.63, 3.8) is 0 Å². The second kappa shape index (κ2) is 6.61. The van der Waals surface area contributed by atoms with Gasteiger partial charge in [0.2, 0.25) is 0 Å². The van der Waals surface area contributed by atoms with Gasteiger partial charge in [-0.2, -0.15) is 0 Å². The van der Waals surface area contributed by atoms with Gasteiger partial charge < -0.3 is 18.9 Å². The van der Waals surface area contributed by atoms with Crippen LogP contribution in [0.5, 0.6) is 11.5 Å². The second-order valence-electron chi connectivity index (χ2n) is 4.75. The van der Waals surface area contributed by atoms with Gasteiger partial charge in [-0.1, -0.05) is 30.3 Å². The molecule has 0 N–H and O–H groups in total. The first-order valence-corrected chi connectivity index (χ1v) is 6.94. The van der Waals surface area contributed by atoms with Gasteiger partial charge in [0, 0.05) is 11.6 Å². The Kier molecular flexibility index (Phi) is 4.38. The molecule has 0 saturated carbocycles. The summed E-state index contributed by atoms with van der Waals surface area (Å²) in [6.45, 7) is 1.75. The monoisotopic (exact) mass is 286 g/mol. The minimum absolute atomic E-state index is 0.344. The molecule has 1 heterocycles. The molecule has 0 aliphatic carbocycles. The minimum Gasteiger partial charge on any atom is -0.496 e. The number of benzene rings is 2. The lowest BCUT2D eigenvalue weighted by Crippen LogP contribution is -2.02. The molecule has 0 atom stereocenters. The standard InChI is InChI=1S/C17H18O4/c1-18-16-11-14(21-12-13-5-3-2-4-6-13)7-8-15(16)17-19-9-10-20-17/h2-8,11,17H,9-10,12H2,1H3. The molecule has 0 spiro atoms. The molecule has 4 heteroatoms. The summed E-state index contributed by atoms with van der Waals surface area (Å²) in [5.41, 5.74) is 2.02. The Morgan fingerprint density at radius 3 is 2.52 bits per heavy atom. The van der Waals surface area contributed by atoms with Gasteiger partial charge in [-0.15, -0.1) is 0 Å². The van der Waals surface area contributed by atoms with Gasteiger partial charge in [-0.3, -0.25) is 0 Å². The van der Waals surface area contributed by atoms with Gasteiger partial charge in [-0.25, -0.2) is 0 Å². The molecule has 0 bridgehead atoms. The third-order valence-electron chi connectivity index (χ3n) is 3.33. The highest BCUT2D eigenvalue weighted by atomic mass is 16.7. The van der Waals surface area contributed by atoms with Crippen LogP contribution in [0.25, 0.3) is 0 Å². The van der Waals surface area contributed by atoms with Gasteiger partial charge >= 0.3 is 0 Å². The van der Waals surface area contributed by atoms with E-state index in [0.717, 1.165) is 16.9 Å². The fourth-order valence-corrected chi connectivity index (χ4v) is 2.25. The summed E-state index contributed by atoms with van der Waals surface area (Å²) in [6, 6.07) is 15.7. The van der Waals surface area contributed by atoms with E-state index in [2.05, 4.69) is 0 Å². The highest BCUT2D eigenvalue weighted by molar-refractivity contribution is 5.41. The number of methoxy groups -OCH3 is 1. The van der Waals surface area contributed by atoms with Crippen LogP contribution in [0.15, 0.2) is 48.5 Å². The number of hydrogen-bond acceptors (Lipinski definition) is 4. The van der Waals surface area contributed by atoms with E-state index in [0.29, 0.717) is 25.6 Å². The predicted molar refractivity (Wildman–Crippen MR) is 78.4 cm³/mol. The van der Waals surface area contributed by atoms with Crippen molar-refractivity contribution >= 4 is 0 Å². The van der Waals surface area contributed by atoms with Crippen molar-refractivity contribution in [2.45, 2.75) is 12.9 Å². The van der Waals surface area contributed by atoms with Crippen LogP contribution in [0.2, 0.25) is 0 Å². The molecule has 4 nitrogen and oxygen atoms in total. The number of rotatable bonds is 5. The summed E-state index contributed by atoms with van der Waals surface area (Å²) in [5.74, 6) is 1.48. The molecule has 0 unspecified atom stereocenters. The number of ether oxygens (including phenoxy) is 4. The Balaban J connectivity index is 1.71. The maximum absolute atomic E-state index is 5.79. The zero-order valence-corrected chi connectivity index (χ0v) is 12.0. The molecule has 1 aliphatic heterocycles. The van der Waals surface area contributed by atoms with Crippen molar-refractivity contribution in [3.05, 3.63) is 59.7 Å². The molecule has 2 aromatic carbocycles. The van der Waals surface area contributed by atoms with E-state index in [1.165, 1.54) is 0 Å². The Bertz CT molecular complexity index is 577. The van der Waals surface area contributed by atoms with E-state index >= 15 is 0 Å². The average Bonchev–Trinajstić information content (AvgIpc) is 3.08. The van der Waals surface area contributed by atoms with Crippen molar-refractivity contribution in [1.82, 2.24) is 0 Å². The summed E-state index contributed by atoms with van der Waals surface area (Å²) in [5, 5.41) is 0. The molecule has 0 radical (unpaired) electrons. The van der Waals surface area contributed by atoms with Gasteiger partial charge in [0.25, 0.3) is 0 Å². The summed E-state index contributed by atoms with van der Waals surface area (Å²) >= 11 is 0. The smallest absolute Gasteiger partial charge is 0.187 e. The van der Waals surface area contributed by atoms with Crippen LogP contribution in [0.1, 0.15) is 17.4 Å². The van der Waals surface area contributed by atoms with E-state index < -0.39 is 0 Å². The maximum atomic E-state index is 5.79. The van der Waals surface area contributed by atoms with Crippen LogP contribution in [0.4, 0.5) is 0 Å². The van der Waals surface area contributed by atoms with Crippen molar-refractivity contribution in [3.8, 4) is 11.5 Å². The van der Waals surface area contributed by atoms with E-state index in [1.54, 1.807) is 7.11 Å². The van der Waals surface area contributed by atoms with Crippen LogP contribution in [-0.4, -0.2) is 20.3 Å². The highest BCUT2D eigenvalue weighted by Gasteiger charge is 2.22. The molecule has 21 heavy (non-hydrogen) atoms. The lowest BCUT2D eigenvalue weighted by atomic mass is 10.2. The average molecular weight is 286 g/mol. The lowest BCUT2D eigenvalue weighted by Gasteiger charge is -2.15. The molecule has 1 saturated heterocycles. The van der Waals surface area contributed by atoms with Crippen LogP contribution in [-0.2, 0) is 16.1 Å². The normalized spacial score (nSPS) is 15.1. The van der Waals surface area contributed by atoms with Crippen molar-refractivity contribution < 1.29 is 18.9 Å². The van der Waals surface area contributed by atoms with E-state index in [-0.39, 0.29) is 6.29 Å². The molecule has 110 valence electrons. The van der Waals surface area contributed by atoms with Crippen molar-refractivity contribution in [1.29, 1.82) is 0 Å². The Morgan fingerprint density at radius 1 is 1.05 bits per heavy atom. The van der Waals surface area contributed by atoms with Crippen LogP contribution in [0.3, 0.4) is 0 Å². The third-order valence-corrected chi connectivity index (χ3v) is 3.33. The van der Waals surface area contributed by atoms with Crippen LogP contribution < -0.4 is 9.47 Å². The first-order chi connectivity index (χ1) is 10.4. The van der Waals surface area contributed by atoms with E-state index in [4.69, 9.17) is 18.9 Å². The lowest BCUT2D eigenvalue weighted by molar-refractivity contribution is -0.0455. The molecule has 1 fully saturated rings. The van der Waals surface area contributed by atoms with Gasteiger partial charge in [0.05, 0.1) is 20.3 Å². The van der Waals surface area contributed by atoms with Crippen LogP contribution in [0, 0.1) is 0 Å². The SMILES string of the molecule is COc1cc(OCc2ccccc2)ccc1C1OCCO1. The first kappa shape index (κ1) is 13.9. The maximum Gasteiger partial charge on any atom is 0.187 e. The first-order valence-electron chi connectivity index (χ1n) is 6.94. The largest absolute Gasteiger partial charge is 0.496 e. The van der Waals surface area contributed by atoms with Gasteiger partial charge in [0.1, 0.15) is 18.1 Å². The zero-order chi connectivity index (χ0) is 14.5. The summed E-state index contributed by atoms with van der Waals surface area (Å²) in [4.78, 5) is 0. The summed E-state index contributed by atoms with van der Waals surface area (Å²) in [6.07, 6.45) is -0.344. The Labute approximate surface area is 124 Å². The molecular weight excluding hydrogens is 268 g/mol. The van der Waals surface area contributed by atoms with Crippen molar-refractivity contribution in [2.75, 3.05) is 20.3 Å². The van der Waals surface area contributed by atoms with Gasteiger partial charge in [0.15, 0.2) is 6.29 Å². The summed E-state index contributed by atoms with van der Waals surface area (Å²) < 4.78 is 22.2. The van der Waals surface area contributed by atoms with E-state index in [1.807, 2.05) is 48.5 Å². The van der Waals surface area contributed by atoms with Crippen LogP contribution >= 0.6 is 0 Å². The van der Waals surface area contributed by atoms with Crippen molar-refractivity contribution in [2.24, 2.45) is 0 Å². The zero-order valence-electron chi connectivity index (χ0n) is 12.0. The van der Waals surface area contributed by atoms with Gasteiger partial charge in [-0.05, 0) is 17.7 Å². The van der Waals surface area contributed by atoms with E-state index in [9.17, 15) is 0 Å². The fourth-order valence-electron chi connectivity index (χ4n) is 2.25. The third kappa shape index (κ3) is 3.35. The highest BCUT2D eigenvalue weighted by Crippen LogP contribution is 2.34. The minimum atomic E-state index is -0.344. The molecule has 2 aromatic rings. The quantitative estimate of drug-likeness (QED) is 0.845. The molecule has 1 aliphatic rings. The second-order valence-corrected chi connectivity index (χ2v) is 4.75. The summed E-state index contributed by atoms with van der Waals surface area (Å²) in [7, 11) is 1.63. The molecule has 3 rings (SSSR count). The number of hydrogen-bond donors (Lipinski definition) is 0. The molecular formula is C17H18O4. The topological polar surface area (TPSA) is 36.9 Å². The predicted octanol–water partition coefficient (Wildman–Crippen LogP) is 3.32. The fraction of sp³-hybridized carbons (Fsp3) is 0.294. The molecule has 0 aromatic heterocycles.